The topological polar surface area (TPSA) is 46.0 Å². The van der Waals surface area contributed by atoms with E-state index in [4.69, 9.17) is 0 Å². The highest BCUT2D eigenvalue weighted by atomic mass is 15.4. The summed E-state index contributed by atoms with van der Waals surface area (Å²) in [6, 6.07) is 10.6. The standard InChI is InChI=1S/C14H19N5/c1-12-9-15-7-8-18(12)10-13-11-19(17-16-13)14-5-3-2-4-6-14/h2-6,11-12,15H,7-10H2,1H3/t12-/m1/s1. The van der Waals surface area contributed by atoms with E-state index >= 15 is 0 Å². The van der Waals surface area contributed by atoms with Crippen molar-refractivity contribution in [2.75, 3.05) is 19.6 Å². The van der Waals surface area contributed by atoms with Gasteiger partial charge in [0.1, 0.15) is 0 Å². The van der Waals surface area contributed by atoms with Crippen molar-refractivity contribution in [2.45, 2.75) is 19.5 Å². The van der Waals surface area contributed by atoms with E-state index in [9.17, 15) is 0 Å². The Morgan fingerprint density at radius 2 is 2.16 bits per heavy atom. The van der Waals surface area contributed by atoms with Crippen LogP contribution in [0.25, 0.3) is 5.69 Å². The van der Waals surface area contributed by atoms with Gasteiger partial charge in [0.05, 0.1) is 17.6 Å². The van der Waals surface area contributed by atoms with Crippen LogP contribution in [-0.4, -0.2) is 45.6 Å². The summed E-state index contributed by atoms with van der Waals surface area (Å²) in [6.07, 6.45) is 2.02. The van der Waals surface area contributed by atoms with Crippen LogP contribution >= 0.6 is 0 Å². The summed E-state index contributed by atoms with van der Waals surface area (Å²) in [5, 5.41) is 11.9. The van der Waals surface area contributed by atoms with Gasteiger partial charge in [0, 0.05) is 32.2 Å². The number of nitrogens with zero attached hydrogens (tertiary/aromatic N) is 4. The monoisotopic (exact) mass is 257 g/mol. The number of para-hydroxylation sites is 1. The van der Waals surface area contributed by atoms with E-state index in [1.807, 2.05) is 41.2 Å². The average Bonchev–Trinajstić information content (AvgIpc) is 2.91. The van der Waals surface area contributed by atoms with Gasteiger partial charge in [0.15, 0.2) is 0 Å². The number of hydrogen-bond acceptors (Lipinski definition) is 4. The molecule has 5 nitrogen and oxygen atoms in total. The molecule has 1 atom stereocenters. The smallest absolute Gasteiger partial charge is 0.0971 e. The molecule has 19 heavy (non-hydrogen) atoms. The minimum Gasteiger partial charge on any atom is -0.314 e. The first-order valence-corrected chi connectivity index (χ1v) is 6.74. The van der Waals surface area contributed by atoms with E-state index in [0.717, 1.165) is 37.6 Å². The van der Waals surface area contributed by atoms with Crippen LogP contribution in [0, 0.1) is 0 Å². The SMILES string of the molecule is C[C@@H]1CNCCN1Cc1cn(-c2ccccc2)nn1. The first kappa shape index (κ1) is 12.3. The highest BCUT2D eigenvalue weighted by molar-refractivity contribution is 5.29. The van der Waals surface area contributed by atoms with Crippen LogP contribution in [0.2, 0.25) is 0 Å². The normalized spacial score (nSPS) is 20.6. The van der Waals surface area contributed by atoms with Crippen molar-refractivity contribution >= 4 is 0 Å². The van der Waals surface area contributed by atoms with E-state index < -0.39 is 0 Å². The van der Waals surface area contributed by atoms with Gasteiger partial charge in [0.2, 0.25) is 0 Å². The Hall–Kier alpha value is -1.72. The lowest BCUT2D eigenvalue weighted by molar-refractivity contribution is 0.163. The first-order valence-electron chi connectivity index (χ1n) is 6.74. The molecule has 2 aromatic rings. The second-order valence-corrected chi connectivity index (χ2v) is 5.01. The number of rotatable bonds is 3. The van der Waals surface area contributed by atoms with E-state index in [-0.39, 0.29) is 0 Å². The van der Waals surface area contributed by atoms with Crippen LogP contribution in [0.1, 0.15) is 12.6 Å². The van der Waals surface area contributed by atoms with Crippen LogP contribution in [-0.2, 0) is 6.54 Å². The summed E-state index contributed by atoms with van der Waals surface area (Å²) >= 11 is 0. The molecule has 100 valence electrons. The lowest BCUT2D eigenvalue weighted by Gasteiger charge is -2.33. The molecule has 0 unspecified atom stereocenters. The predicted octanol–water partition coefficient (Wildman–Crippen LogP) is 1.06. The van der Waals surface area contributed by atoms with Crippen molar-refractivity contribution in [3.63, 3.8) is 0 Å². The first-order chi connectivity index (χ1) is 9.33. The molecule has 0 saturated carbocycles. The Labute approximate surface area is 113 Å². The van der Waals surface area contributed by atoms with Crippen molar-refractivity contribution < 1.29 is 0 Å². The quantitative estimate of drug-likeness (QED) is 0.893. The van der Waals surface area contributed by atoms with Gasteiger partial charge >= 0.3 is 0 Å². The molecule has 0 bridgehead atoms. The Kier molecular flexibility index (Phi) is 3.57. The minimum absolute atomic E-state index is 0.552. The molecule has 1 fully saturated rings. The summed E-state index contributed by atoms with van der Waals surface area (Å²) in [4.78, 5) is 2.44. The summed E-state index contributed by atoms with van der Waals surface area (Å²) in [7, 11) is 0. The third-order valence-electron chi connectivity index (χ3n) is 3.57. The zero-order chi connectivity index (χ0) is 13.1. The summed E-state index contributed by atoms with van der Waals surface area (Å²) in [6.45, 7) is 6.28. The van der Waals surface area contributed by atoms with E-state index in [1.165, 1.54) is 0 Å². The van der Waals surface area contributed by atoms with Gasteiger partial charge in [-0.25, -0.2) is 4.68 Å². The molecule has 0 aliphatic carbocycles. The van der Waals surface area contributed by atoms with Crippen molar-refractivity contribution in [2.24, 2.45) is 0 Å². The Bertz CT molecular complexity index is 522. The number of piperazine rings is 1. The maximum atomic E-state index is 4.27. The average molecular weight is 257 g/mol. The van der Waals surface area contributed by atoms with Gasteiger partial charge in [-0.1, -0.05) is 23.4 Å². The Morgan fingerprint density at radius 1 is 1.32 bits per heavy atom. The maximum absolute atomic E-state index is 4.27. The molecule has 5 heteroatoms. The van der Waals surface area contributed by atoms with Crippen LogP contribution in [0.3, 0.4) is 0 Å². The molecule has 3 rings (SSSR count). The fourth-order valence-corrected chi connectivity index (χ4v) is 2.40. The summed E-state index contributed by atoms with van der Waals surface area (Å²) in [5.74, 6) is 0. The molecule has 1 aromatic carbocycles. The molecule has 2 heterocycles. The Morgan fingerprint density at radius 3 is 2.95 bits per heavy atom. The van der Waals surface area contributed by atoms with Crippen LogP contribution in [0.5, 0.6) is 0 Å². The predicted molar refractivity (Wildman–Crippen MR) is 74.1 cm³/mol. The molecule has 1 aliphatic rings. The number of hydrogen-bond donors (Lipinski definition) is 1. The van der Waals surface area contributed by atoms with Crippen LogP contribution in [0.15, 0.2) is 36.5 Å². The molecule has 1 aliphatic heterocycles. The van der Waals surface area contributed by atoms with Crippen molar-refractivity contribution in [1.29, 1.82) is 0 Å². The van der Waals surface area contributed by atoms with Crippen LogP contribution < -0.4 is 5.32 Å². The lowest BCUT2D eigenvalue weighted by atomic mass is 10.2. The zero-order valence-electron chi connectivity index (χ0n) is 11.2. The molecular formula is C14H19N5. The van der Waals surface area contributed by atoms with Gasteiger partial charge in [-0.05, 0) is 19.1 Å². The fraction of sp³-hybridized carbons (Fsp3) is 0.429. The second-order valence-electron chi connectivity index (χ2n) is 5.01. The van der Waals surface area contributed by atoms with Gasteiger partial charge in [-0.15, -0.1) is 5.10 Å². The van der Waals surface area contributed by atoms with Crippen molar-refractivity contribution in [1.82, 2.24) is 25.2 Å². The number of aromatic nitrogens is 3. The van der Waals surface area contributed by atoms with E-state index in [1.54, 1.807) is 0 Å². The third kappa shape index (κ3) is 2.83. The van der Waals surface area contributed by atoms with Crippen LogP contribution in [0.4, 0.5) is 0 Å². The Balaban J connectivity index is 1.71. The lowest BCUT2D eigenvalue weighted by Crippen LogP contribution is -2.49. The van der Waals surface area contributed by atoms with Crippen molar-refractivity contribution in [3.8, 4) is 5.69 Å². The third-order valence-corrected chi connectivity index (χ3v) is 3.57. The second kappa shape index (κ2) is 5.50. The molecule has 1 saturated heterocycles. The highest BCUT2D eigenvalue weighted by Gasteiger charge is 2.18. The fourth-order valence-electron chi connectivity index (χ4n) is 2.40. The summed E-state index contributed by atoms with van der Waals surface area (Å²) < 4.78 is 1.84. The van der Waals surface area contributed by atoms with Gasteiger partial charge < -0.3 is 5.32 Å². The zero-order valence-corrected chi connectivity index (χ0v) is 11.2. The molecule has 1 aromatic heterocycles. The molecule has 1 N–H and O–H groups in total. The van der Waals surface area contributed by atoms with E-state index in [2.05, 4.69) is 27.5 Å². The summed E-state index contributed by atoms with van der Waals surface area (Å²) in [5.41, 5.74) is 2.08. The minimum atomic E-state index is 0.552. The number of nitrogens with one attached hydrogen (secondary N) is 1. The van der Waals surface area contributed by atoms with Gasteiger partial charge in [-0.2, -0.15) is 0 Å². The molecule has 0 radical (unpaired) electrons. The van der Waals surface area contributed by atoms with Crippen molar-refractivity contribution in [3.05, 3.63) is 42.2 Å². The molecule has 0 spiro atoms. The van der Waals surface area contributed by atoms with Gasteiger partial charge in [0.25, 0.3) is 0 Å². The van der Waals surface area contributed by atoms with Gasteiger partial charge in [-0.3, -0.25) is 4.90 Å². The molecular weight excluding hydrogens is 238 g/mol. The largest absolute Gasteiger partial charge is 0.314 e. The molecule has 0 amide bonds. The maximum Gasteiger partial charge on any atom is 0.0971 e. The van der Waals surface area contributed by atoms with E-state index in [0.29, 0.717) is 6.04 Å². The highest BCUT2D eigenvalue weighted by Crippen LogP contribution is 2.10. The number of benzene rings is 1.